The Hall–Kier alpha value is -7.25. The Morgan fingerprint density at radius 2 is 0.985 bits per heavy atom. The molecule has 0 radical (unpaired) electrons. The van der Waals surface area contributed by atoms with Crippen LogP contribution in [0.5, 0.6) is 0 Å². The van der Waals surface area contributed by atoms with Gasteiger partial charge in [0.25, 0.3) is 11.8 Å². The first-order valence-electron chi connectivity index (χ1n) is 20.7. The molecule has 66 heavy (non-hydrogen) atoms. The number of nitrogens with zero attached hydrogens (tertiary/aromatic N) is 6. The quantitative estimate of drug-likeness (QED) is 0.109. The minimum Gasteiger partial charge on any atom is -0.333 e. The molecule has 4 aliphatic rings. The molecule has 338 valence electrons. The van der Waals surface area contributed by atoms with Crippen LogP contribution in [0.25, 0.3) is 0 Å². The third-order valence-electron chi connectivity index (χ3n) is 11.8. The average Bonchev–Trinajstić information content (AvgIpc) is 3.79. The standard InChI is InChI=1S/C47H38F6N8O4S/c1-66(20-4-18-58-26-36-38(42(58)62)40(30-14-10-28(24-54)11-15-30)56-44(64)60(36)34-8-2-6-32(22-34)46(48,49)50)21-5-19-59-27-37-39(43(59)63)41(31-16-12-29(25-55)13-17-31)57-45(65)61(37)35-9-3-7-33(23-35)47(51,52)53/h2-3,6-17,22-23,40-41H,4-5,18-21,26-27H2,1H3,(H-,56,57,64,65)/p+1. The van der Waals surface area contributed by atoms with Crippen molar-refractivity contribution in [3.63, 3.8) is 0 Å². The Labute approximate surface area is 377 Å². The molecule has 0 aliphatic carbocycles. The number of halogens is 6. The van der Waals surface area contributed by atoms with E-state index in [0.717, 1.165) is 34.1 Å². The van der Waals surface area contributed by atoms with Crippen molar-refractivity contribution in [2.45, 2.75) is 37.3 Å². The van der Waals surface area contributed by atoms with Crippen molar-refractivity contribution in [3.8, 4) is 12.1 Å². The molecular formula is C47H39F6N8O4S+. The molecule has 4 heterocycles. The van der Waals surface area contributed by atoms with Gasteiger partial charge in [-0.15, -0.1) is 0 Å². The monoisotopic (exact) mass is 925 g/mol. The molecule has 0 spiro atoms. The highest BCUT2D eigenvalue weighted by atomic mass is 32.2. The molecule has 4 aromatic rings. The molecule has 0 aromatic heterocycles. The zero-order valence-corrected chi connectivity index (χ0v) is 35.9. The summed E-state index contributed by atoms with van der Waals surface area (Å²) in [6.07, 6.45) is -6.22. The molecule has 19 heteroatoms. The number of anilines is 2. The number of nitrogens with one attached hydrogen (secondary N) is 2. The van der Waals surface area contributed by atoms with Gasteiger partial charge < -0.3 is 20.4 Å². The summed E-state index contributed by atoms with van der Waals surface area (Å²) in [6.45, 7) is 0.487. The van der Waals surface area contributed by atoms with Gasteiger partial charge in [-0.3, -0.25) is 19.4 Å². The zero-order chi connectivity index (χ0) is 47.1. The largest absolute Gasteiger partial charge is 0.416 e. The molecule has 0 saturated heterocycles. The Kier molecular flexibility index (Phi) is 12.3. The molecule has 4 aliphatic heterocycles. The maximum absolute atomic E-state index is 14.2. The number of nitriles is 2. The Bertz CT molecular complexity index is 2570. The Morgan fingerprint density at radius 1 is 0.606 bits per heavy atom. The van der Waals surface area contributed by atoms with Crippen LogP contribution >= 0.6 is 0 Å². The summed E-state index contributed by atoms with van der Waals surface area (Å²) in [5.74, 6) is 0.575. The molecule has 8 rings (SSSR count). The summed E-state index contributed by atoms with van der Waals surface area (Å²) < 4.78 is 82.5. The van der Waals surface area contributed by atoms with Crippen LogP contribution in [0.2, 0.25) is 0 Å². The summed E-state index contributed by atoms with van der Waals surface area (Å²) in [5.41, 5.74) is 0.675. The average molecular weight is 926 g/mol. The van der Waals surface area contributed by atoms with Gasteiger partial charge in [0.15, 0.2) is 0 Å². The maximum atomic E-state index is 14.2. The highest BCUT2D eigenvalue weighted by Gasteiger charge is 2.47. The molecule has 12 nitrogen and oxygen atoms in total. The van der Waals surface area contributed by atoms with Gasteiger partial charge in [0.2, 0.25) is 0 Å². The van der Waals surface area contributed by atoms with Gasteiger partial charge in [0, 0.05) is 25.9 Å². The summed E-state index contributed by atoms with van der Waals surface area (Å²) >= 11 is 0. The van der Waals surface area contributed by atoms with E-state index in [1.807, 2.05) is 18.4 Å². The van der Waals surface area contributed by atoms with Crippen molar-refractivity contribution >= 4 is 46.1 Å². The highest BCUT2D eigenvalue weighted by Crippen LogP contribution is 2.42. The van der Waals surface area contributed by atoms with E-state index in [-0.39, 0.29) is 82.8 Å². The second-order valence-corrected chi connectivity index (χ2v) is 18.5. The first kappa shape index (κ1) is 45.3. The summed E-state index contributed by atoms with van der Waals surface area (Å²) in [5, 5.41) is 24.2. The maximum Gasteiger partial charge on any atom is 0.416 e. The van der Waals surface area contributed by atoms with E-state index in [1.54, 1.807) is 58.3 Å². The van der Waals surface area contributed by atoms with Crippen LogP contribution < -0.4 is 20.4 Å². The molecule has 2 unspecified atom stereocenters. The minimum absolute atomic E-state index is 0.0326. The number of hydrogen-bond donors (Lipinski definition) is 2. The van der Waals surface area contributed by atoms with Crippen LogP contribution in [0.15, 0.2) is 120 Å². The SMILES string of the molecule is C[S+](CCCN1CC2=C(C1=O)C(c1ccc(C#N)cc1)NC(=O)N2c1cccc(C(F)(F)F)c1)CCCN1CC2=C(C1=O)C(c1ccc(C#N)cc1)NC(=O)N2c1cccc(C(F)(F)F)c1. The van der Waals surface area contributed by atoms with Gasteiger partial charge in [0.1, 0.15) is 11.5 Å². The highest BCUT2D eigenvalue weighted by molar-refractivity contribution is 7.96. The number of carbonyl (C=O) groups excluding carboxylic acids is 4. The summed E-state index contributed by atoms with van der Waals surface area (Å²) in [4.78, 5) is 61.0. The molecular weight excluding hydrogens is 887 g/mol. The number of urea groups is 2. The van der Waals surface area contributed by atoms with Crippen molar-refractivity contribution < 1.29 is 45.5 Å². The normalized spacial score (nSPS) is 19.1. The van der Waals surface area contributed by atoms with E-state index in [2.05, 4.69) is 10.6 Å². The predicted molar refractivity (Wildman–Crippen MR) is 232 cm³/mol. The fourth-order valence-electron chi connectivity index (χ4n) is 8.65. The number of alkyl halides is 6. The Balaban J connectivity index is 0.934. The molecule has 2 atom stereocenters. The lowest BCUT2D eigenvalue weighted by Gasteiger charge is -2.34. The first-order valence-corrected chi connectivity index (χ1v) is 22.6. The van der Waals surface area contributed by atoms with Crippen molar-refractivity contribution in [2.75, 3.05) is 53.7 Å². The van der Waals surface area contributed by atoms with Crippen LogP contribution in [0.3, 0.4) is 0 Å². The first-order chi connectivity index (χ1) is 31.5. The lowest BCUT2D eigenvalue weighted by atomic mass is 9.94. The van der Waals surface area contributed by atoms with E-state index in [9.17, 15) is 56.0 Å². The van der Waals surface area contributed by atoms with Crippen LogP contribution in [0, 0.1) is 22.7 Å². The van der Waals surface area contributed by atoms with Gasteiger partial charge in [-0.1, -0.05) is 36.4 Å². The topological polar surface area (TPSA) is 153 Å². The van der Waals surface area contributed by atoms with Crippen molar-refractivity contribution in [2.24, 2.45) is 0 Å². The van der Waals surface area contributed by atoms with Gasteiger partial charge in [-0.25, -0.2) is 9.59 Å². The molecule has 0 saturated carbocycles. The molecule has 0 fully saturated rings. The number of amides is 6. The number of hydrogen-bond acceptors (Lipinski definition) is 6. The van der Waals surface area contributed by atoms with Gasteiger partial charge in [-0.05, 0) is 82.7 Å². The number of carbonyl (C=O) groups is 4. The van der Waals surface area contributed by atoms with E-state index in [4.69, 9.17) is 0 Å². The number of rotatable bonds is 12. The van der Waals surface area contributed by atoms with Crippen LogP contribution in [-0.4, -0.2) is 77.6 Å². The fourth-order valence-corrected chi connectivity index (χ4v) is 10.1. The summed E-state index contributed by atoms with van der Waals surface area (Å²) in [7, 11) is -0.220. The van der Waals surface area contributed by atoms with Gasteiger partial charge >= 0.3 is 24.4 Å². The van der Waals surface area contributed by atoms with Gasteiger partial charge in [-0.2, -0.15) is 36.9 Å². The fraction of sp³-hybridized carbons (Fsp3) is 0.277. The molecule has 0 bridgehead atoms. The summed E-state index contributed by atoms with van der Waals surface area (Å²) in [6, 6.07) is 22.1. The van der Waals surface area contributed by atoms with E-state index < -0.39 is 47.6 Å². The van der Waals surface area contributed by atoms with Crippen molar-refractivity contribution in [1.82, 2.24) is 20.4 Å². The van der Waals surface area contributed by atoms with Crippen LogP contribution in [-0.2, 0) is 32.8 Å². The zero-order valence-electron chi connectivity index (χ0n) is 35.0. The van der Waals surface area contributed by atoms with Crippen molar-refractivity contribution in [3.05, 3.63) is 153 Å². The van der Waals surface area contributed by atoms with E-state index in [0.29, 0.717) is 46.6 Å². The lowest BCUT2D eigenvalue weighted by molar-refractivity contribution is -0.138. The molecule has 2 N–H and O–H groups in total. The smallest absolute Gasteiger partial charge is 0.333 e. The van der Waals surface area contributed by atoms with Crippen LogP contribution in [0.1, 0.15) is 58.3 Å². The predicted octanol–water partition coefficient (Wildman–Crippen LogP) is 7.93. The molecule has 4 aromatic carbocycles. The minimum atomic E-state index is -4.68. The van der Waals surface area contributed by atoms with E-state index >= 15 is 0 Å². The Morgan fingerprint density at radius 3 is 1.33 bits per heavy atom. The number of benzene rings is 4. The third-order valence-corrected chi connectivity index (χ3v) is 13.8. The molecule has 6 amide bonds. The lowest BCUT2D eigenvalue weighted by Crippen LogP contribution is -2.47. The second kappa shape index (κ2) is 18.0. The second-order valence-electron chi connectivity index (χ2n) is 16.1. The van der Waals surface area contributed by atoms with Crippen LogP contribution in [0.4, 0.5) is 47.3 Å². The third kappa shape index (κ3) is 8.90. The van der Waals surface area contributed by atoms with Gasteiger partial charge in [0.05, 0.1) is 99.7 Å². The van der Waals surface area contributed by atoms with Crippen molar-refractivity contribution in [1.29, 1.82) is 10.5 Å². The van der Waals surface area contributed by atoms with E-state index in [1.165, 1.54) is 24.3 Å².